The van der Waals surface area contributed by atoms with Gasteiger partial charge in [0.1, 0.15) is 5.82 Å². The molecule has 0 saturated heterocycles. The highest BCUT2D eigenvalue weighted by Gasteiger charge is 2.07. The van der Waals surface area contributed by atoms with E-state index in [0.717, 1.165) is 67.0 Å². The lowest BCUT2D eigenvalue weighted by molar-refractivity contribution is 0.603. The molecule has 0 radical (unpaired) electrons. The molecule has 0 spiro atoms. The van der Waals surface area contributed by atoms with Gasteiger partial charge in [0.15, 0.2) is 0 Å². The Morgan fingerprint density at radius 2 is 1.30 bits per heavy atom. The topological polar surface area (TPSA) is 0 Å². The normalized spacial score (nSPS) is 10.8. The van der Waals surface area contributed by atoms with Crippen molar-refractivity contribution in [3.05, 3.63) is 131 Å². The maximum Gasteiger partial charge on any atom is 0.134 e. The number of unbranched alkanes of at least 4 members (excludes halogenated alkanes) is 3. The van der Waals surface area contributed by atoms with Gasteiger partial charge in [0.05, 0.1) is 0 Å². The van der Waals surface area contributed by atoms with Crippen molar-refractivity contribution in [2.24, 2.45) is 0 Å². The Morgan fingerprint density at radius 1 is 0.676 bits per heavy atom. The number of allylic oxidation sites excluding steroid dienone is 1. The zero-order chi connectivity index (χ0) is 25.9. The first-order chi connectivity index (χ1) is 18.2. The summed E-state index contributed by atoms with van der Waals surface area (Å²) in [6.45, 7) is 5.99. The molecule has 0 bridgehead atoms. The molecule has 0 aromatic heterocycles. The Bertz CT molecular complexity index is 1360. The molecule has 4 aromatic carbocycles. The molecule has 0 heterocycles. The molecule has 0 aliphatic carbocycles. The quantitative estimate of drug-likeness (QED) is 0.112. The molecule has 4 aromatic rings. The number of benzene rings is 4. The van der Waals surface area contributed by atoms with Crippen LogP contribution in [0.25, 0.3) is 10.8 Å². The van der Waals surface area contributed by atoms with E-state index in [0.29, 0.717) is 5.39 Å². The Hall–Kier alpha value is -3.63. The first-order valence-electron chi connectivity index (χ1n) is 13.7. The molecule has 0 nitrogen and oxygen atoms in total. The highest BCUT2D eigenvalue weighted by Crippen LogP contribution is 2.24. The van der Waals surface area contributed by atoms with Crippen molar-refractivity contribution in [2.75, 3.05) is 0 Å². The van der Waals surface area contributed by atoms with Crippen molar-refractivity contribution >= 4 is 10.8 Å². The van der Waals surface area contributed by atoms with Gasteiger partial charge in [-0.1, -0.05) is 98.7 Å². The summed E-state index contributed by atoms with van der Waals surface area (Å²) in [6.07, 6.45) is 11.5. The molecule has 4 rings (SSSR count). The van der Waals surface area contributed by atoms with E-state index in [1.165, 1.54) is 29.5 Å². The molecule has 0 aliphatic rings. The molecule has 0 saturated carbocycles. The summed E-state index contributed by atoms with van der Waals surface area (Å²) < 4.78 is 15.0. The summed E-state index contributed by atoms with van der Waals surface area (Å²) in [6, 6.07) is 27.2. The van der Waals surface area contributed by atoms with Crippen LogP contribution in [0.3, 0.4) is 0 Å². The van der Waals surface area contributed by atoms with Crippen LogP contribution in [-0.2, 0) is 25.7 Å². The van der Waals surface area contributed by atoms with Crippen molar-refractivity contribution in [1.82, 2.24) is 0 Å². The third-order valence-electron chi connectivity index (χ3n) is 7.00. The number of hydrogen-bond acceptors (Lipinski definition) is 0. The average molecular weight is 489 g/mol. The summed E-state index contributed by atoms with van der Waals surface area (Å²) >= 11 is 0. The van der Waals surface area contributed by atoms with Gasteiger partial charge in [0, 0.05) is 16.5 Å². The van der Waals surface area contributed by atoms with Gasteiger partial charge in [0.25, 0.3) is 0 Å². The zero-order valence-corrected chi connectivity index (χ0v) is 22.0. The van der Waals surface area contributed by atoms with Crippen LogP contribution in [0.4, 0.5) is 4.39 Å². The fraction of sp³-hybridized carbons (Fsp3) is 0.278. The fourth-order valence-corrected chi connectivity index (χ4v) is 4.68. The molecular weight excluding hydrogens is 451 g/mol. The molecule has 188 valence electrons. The Morgan fingerprint density at radius 3 is 1.97 bits per heavy atom. The second-order valence-electron chi connectivity index (χ2n) is 9.88. The van der Waals surface area contributed by atoms with Gasteiger partial charge in [-0.25, -0.2) is 4.39 Å². The average Bonchev–Trinajstić information content (AvgIpc) is 2.94. The number of aryl methyl sites for hydroxylation is 4. The van der Waals surface area contributed by atoms with Crippen molar-refractivity contribution in [2.45, 2.75) is 64.7 Å². The van der Waals surface area contributed by atoms with E-state index in [-0.39, 0.29) is 5.82 Å². The summed E-state index contributed by atoms with van der Waals surface area (Å²) in [4.78, 5) is 0. The number of hydrogen-bond donors (Lipinski definition) is 0. The standard InChI is InChI=1S/C36H37F/c1-3-5-7-8-10-33-24-25-34-27-32(23-26-35(34)36(33)37)22-21-31-19-17-30(18-20-31)16-15-29-13-11-28(12-14-29)9-6-4-2/h4,11-14,17-20,23-27H,2-3,5-10,15-16H2,1H3. The van der Waals surface area contributed by atoms with E-state index in [9.17, 15) is 4.39 Å². The molecule has 1 heteroatoms. The van der Waals surface area contributed by atoms with Crippen molar-refractivity contribution < 1.29 is 4.39 Å². The lowest BCUT2D eigenvalue weighted by Gasteiger charge is -2.07. The lowest BCUT2D eigenvalue weighted by Crippen LogP contribution is -1.93. The number of halogens is 1. The predicted octanol–water partition coefficient (Wildman–Crippen LogP) is 9.41. The first kappa shape index (κ1) is 26.4. The Balaban J connectivity index is 1.35. The molecule has 0 aliphatic heterocycles. The van der Waals surface area contributed by atoms with Crippen LogP contribution in [0.1, 0.15) is 72.4 Å². The van der Waals surface area contributed by atoms with Crippen molar-refractivity contribution in [3.63, 3.8) is 0 Å². The maximum atomic E-state index is 15.0. The summed E-state index contributed by atoms with van der Waals surface area (Å²) in [5.41, 5.74) is 6.76. The largest absolute Gasteiger partial charge is 0.206 e. The Kier molecular flexibility index (Phi) is 9.73. The van der Waals surface area contributed by atoms with Gasteiger partial charge in [-0.05, 0) is 90.4 Å². The number of fused-ring (bicyclic) bond motifs is 1. The van der Waals surface area contributed by atoms with Crippen molar-refractivity contribution in [1.29, 1.82) is 0 Å². The SMILES string of the molecule is C=CCCc1ccc(CCc2ccc(C#Cc3ccc4c(F)c(CCCCCC)ccc4c3)cc2)cc1. The summed E-state index contributed by atoms with van der Waals surface area (Å²) in [7, 11) is 0. The highest BCUT2D eigenvalue weighted by molar-refractivity contribution is 5.85. The molecule has 0 fully saturated rings. The van der Waals surface area contributed by atoms with Crippen molar-refractivity contribution in [3.8, 4) is 11.8 Å². The van der Waals surface area contributed by atoms with Crippen LogP contribution in [0.15, 0.2) is 91.5 Å². The predicted molar refractivity (Wildman–Crippen MR) is 157 cm³/mol. The minimum Gasteiger partial charge on any atom is -0.206 e. The van der Waals surface area contributed by atoms with E-state index < -0.39 is 0 Å². The van der Waals surface area contributed by atoms with Gasteiger partial charge < -0.3 is 0 Å². The second-order valence-corrected chi connectivity index (χ2v) is 9.88. The van der Waals surface area contributed by atoms with Gasteiger partial charge >= 0.3 is 0 Å². The van der Waals surface area contributed by atoms with Crippen LogP contribution in [0.5, 0.6) is 0 Å². The van der Waals surface area contributed by atoms with Gasteiger partial charge in [0.2, 0.25) is 0 Å². The van der Waals surface area contributed by atoms with Gasteiger partial charge in [-0.2, -0.15) is 0 Å². The summed E-state index contributed by atoms with van der Waals surface area (Å²) in [5, 5.41) is 1.60. The molecule has 37 heavy (non-hydrogen) atoms. The monoisotopic (exact) mass is 488 g/mol. The van der Waals surface area contributed by atoms with Crippen LogP contribution in [0.2, 0.25) is 0 Å². The van der Waals surface area contributed by atoms with Crippen LogP contribution in [0, 0.1) is 17.7 Å². The fourth-order valence-electron chi connectivity index (χ4n) is 4.68. The molecular formula is C36H37F. The first-order valence-corrected chi connectivity index (χ1v) is 13.7. The molecule has 0 atom stereocenters. The third-order valence-corrected chi connectivity index (χ3v) is 7.00. The zero-order valence-electron chi connectivity index (χ0n) is 22.0. The highest BCUT2D eigenvalue weighted by atomic mass is 19.1. The number of rotatable bonds is 11. The minimum atomic E-state index is -0.0762. The van der Waals surface area contributed by atoms with Gasteiger partial charge in [-0.3, -0.25) is 0 Å². The smallest absolute Gasteiger partial charge is 0.134 e. The van der Waals surface area contributed by atoms with E-state index in [1.807, 2.05) is 36.4 Å². The minimum absolute atomic E-state index is 0.0762. The third kappa shape index (κ3) is 7.68. The Labute approximate surface area is 222 Å². The van der Waals surface area contributed by atoms with Crippen LogP contribution >= 0.6 is 0 Å². The molecule has 0 N–H and O–H groups in total. The van der Waals surface area contributed by atoms with E-state index in [4.69, 9.17) is 0 Å². The second kappa shape index (κ2) is 13.6. The van der Waals surface area contributed by atoms with E-state index in [2.05, 4.69) is 73.9 Å². The lowest BCUT2D eigenvalue weighted by atomic mass is 9.99. The molecule has 0 amide bonds. The van der Waals surface area contributed by atoms with E-state index >= 15 is 0 Å². The summed E-state index contributed by atoms with van der Waals surface area (Å²) in [5.74, 6) is 6.44. The van der Waals surface area contributed by atoms with Crippen LogP contribution in [-0.4, -0.2) is 0 Å². The maximum absolute atomic E-state index is 15.0. The van der Waals surface area contributed by atoms with Crippen LogP contribution < -0.4 is 0 Å². The van der Waals surface area contributed by atoms with E-state index in [1.54, 1.807) is 0 Å². The molecule has 0 unspecified atom stereocenters. The van der Waals surface area contributed by atoms with Gasteiger partial charge in [-0.15, -0.1) is 6.58 Å².